The number of likely N-dealkylation sites (tertiary alicyclic amines) is 1. The molecule has 1 aromatic heterocycles. The minimum atomic E-state index is -0.1000. The van der Waals surface area contributed by atoms with E-state index in [1.54, 1.807) is 4.90 Å². The summed E-state index contributed by atoms with van der Waals surface area (Å²) in [6.45, 7) is 1.62. The Morgan fingerprint density at radius 2 is 2.41 bits per heavy atom. The quantitative estimate of drug-likeness (QED) is 0.906. The van der Waals surface area contributed by atoms with E-state index in [-0.39, 0.29) is 17.0 Å². The number of carbonyl (C=O) groups is 1. The van der Waals surface area contributed by atoms with Crippen LogP contribution in [0.1, 0.15) is 29.1 Å². The van der Waals surface area contributed by atoms with Crippen LogP contribution >= 0.6 is 22.9 Å². The molecular weight excluding hydrogens is 262 g/mol. The SMILES string of the molecule is O=C(c1nnc(Cl)s1)N1CCCC(CCO)C1. The van der Waals surface area contributed by atoms with Crippen molar-refractivity contribution in [2.45, 2.75) is 19.3 Å². The summed E-state index contributed by atoms with van der Waals surface area (Å²) in [5.41, 5.74) is 0. The van der Waals surface area contributed by atoms with E-state index in [0.29, 0.717) is 17.5 Å². The van der Waals surface area contributed by atoms with Crippen molar-refractivity contribution in [3.8, 4) is 0 Å². The average Bonchev–Trinajstić information content (AvgIpc) is 2.76. The second-order valence-corrected chi connectivity index (χ2v) is 5.69. The zero-order chi connectivity index (χ0) is 12.3. The predicted octanol–water partition coefficient (Wildman–Crippen LogP) is 1.43. The normalized spacial score (nSPS) is 20.6. The third kappa shape index (κ3) is 3.14. The summed E-state index contributed by atoms with van der Waals surface area (Å²) in [4.78, 5) is 13.9. The number of carbonyl (C=O) groups excluding carboxylic acids is 1. The van der Waals surface area contributed by atoms with Crippen LogP contribution in [0.25, 0.3) is 0 Å². The van der Waals surface area contributed by atoms with Crippen LogP contribution in [0, 0.1) is 5.92 Å². The minimum absolute atomic E-state index is 0.1000. The fourth-order valence-electron chi connectivity index (χ4n) is 2.09. The fourth-order valence-corrected chi connectivity index (χ4v) is 2.89. The van der Waals surface area contributed by atoms with Crippen LogP contribution in [-0.2, 0) is 0 Å². The Balaban J connectivity index is 1.99. The molecule has 1 unspecified atom stereocenters. The third-order valence-corrected chi connectivity index (χ3v) is 3.93. The Labute approximate surface area is 108 Å². The molecule has 5 nitrogen and oxygen atoms in total. The Morgan fingerprint density at radius 1 is 1.59 bits per heavy atom. The number of hydrogen-bond donors (Lipinski definition) is 1. The number of hydrogen-bond acceptors (Lipinski definition) is 5. The largest absolute Gasteiger partial charge is 0.396 e. The Morgan fingerprint density at radius 3 is 3.06 bits per heavy atom. The van der Waals surface area contributed by atoms with Gasteiger partial charge in [0, 0.05) is 19.7 Å². The third-order valence-electron chi connectivity index (χ3n) is 2.93. The van der Waals surface area contributed by atoms with Crippen LogP contribution in [0.2, 0.25) is 4.47 Å². The van der Waals surface area contributed by atoms with Crippen LogP contribution in [0.5, 0.6) is 0 Å². The molecule has 1 aliphatic heterocycles. The summed E-state index contributed by atoms with van der Waals surface area (Å²) in [6.07, 6.45) is 2.80. The Hall–Kier alpha value is -0.720. The van der Waals surface area contributed by atoms with Gasteiger partial charge in [-0.15, -0.1) is 10.2 Å². The number of amides is 1. The summed E-state index contributed by atoms with van der Waals surface area (Å²) < 4.78 is 0.289. The highest BCUT2D eigenvalue weighted by Crippen LogP contribution is 2.23. The van der Waals surface area contributed by atoms with E-state index in [2.05, 4.69) is 10.2 Å². The molecule has 1 aromatic rings. The summed E-state index contributed by atoms with van der Waals surface area (Å²) in [5.74, 6) is 0.290. The second kappa shape index (κ2) is 5.75. The van der Waals surface area contributed by atoms with Crippen molar-refractivity contribution in [3.63, 3.8) is 0 Å². The molecule has 2 heterocycles. The van der Waals surface area contributed by atoms with Gasteiger partial charge in [0.05, 0.1) is 0 Å². The number of nitrogens with zero attached hydrogens (tertiary/aromatic N) is 3. The molecule has 1 aliphatic rings. The first kappa shape index (κ1) is 12.7. The van der Waals surface area contributed by atoms with Gasteiger partial charge in [-0.3, -0.25) is 4.79 Å². The van der Waals surface area contributed by atoms with Crippen molar-refractivity contribution in [1.29, 1.82) is 0 Å². The van der Waals surface area contributed by atoms with E-state index < -0.39 is 0 Å². The zero-order valence-corrected chi connectivity index (χ0v) is 10.9. The van der Waals surface area contributed by atoms with Gasteiger partial charge in [-0.2, -0.15) is 0 Å². The summed E-state index contributed by atoms with van der Waals surface area (Å²) in [7, 11) is 0. The molecule has 0 saturated carbocycles. The van der Waals surface area contributed by atoms with Crippen molar-refractivity contribution in [2.24, 2.45) is 5.92 Å². The Kier molecular flexibility index (Phi) is 4.31. The highest BCUT2D eigenvalue weighted by atomic mass is 35.5. The van der Waals surface area contributed by atoms with Gasteiger partial charge in [0.15, 0.2) is 0 Å². The molecule has 1 amide bonds. The monoisotopic (exact) mass is 275 g/mol. The topological polar surface area (TPSA) is 66.3 Å². The molecule has 0 aromatic carbocycles. The van der Waals surface area contributed by atoms with E-state index in [0.717, 1.165) is 37.1 Å². The van der Waals surface area contributed by atoms with E-state index >= 15 is 0 Å². The molecule has 0 bridgehead atoms. The first-order valence-corrected chi connectivity index (χ1v) is 6.79. The smallest absolute Gasteiger partial charge is 0.284 e. The fraction of sp³-hybridized carbons (Fsp3) is 0.700. The summed E-state index contributed by atoms with van der Waals surface area (Å²) in [6, 6.07) is 0. The number of aliphatic hydroxyl groups excluding tert-OH is 1. The van der Waals surface area contributed by atoms with Crippen LogP contribution < -0.4 is 0 Å². The lowest BCUT2D eigenvalue weighted by Crippen LogP contribution is -2.40. The molecule has 2 rings (SSSR count). The van der Waals surface area contributed by atoms with Crippen LogP contribution in [0.4, 0.5) is 0 Å². The molecule has 7 heteroatoms. The van der Waals surface area contributed by atoms with Crippen LogP contribution in [0.3, 0.4) is 0 Å². The number of aromatic nitrogens is 2. The van der Waals surface area contributed by atoms with Crippen molar-refractivity contribution in [2.75, 3.05) is 19.7 Å². The van der Waals surface area contributed by atoms with E-state index in [1.807, 2.05) is 0 Å². The number of aliphatic hydroxyl groups is 1. The van der Waals surface area contributed by atoms with Gasteiger partial charge in [-0.1, -0.05) is 11.3 Å². The zero-order valence-electron chi connectivity index (χ0n) is 9.30. The second-order valence-electron chi connectivity index (χ2n) is 4.13. The van der Waals surface area contributed by atoms with Crippen molar-refractivity contribution in [3.05, 3.63) is 9.47 Å². The molecule has 0 aliphatic carbocycles. The molecule has 0 spiro atoms. The van der Waals surface area contributed by atoms with Crippen LogP contribution in [-0.4, -0.2) is 45.8 Å². The molecule has 0 radical (unpaired) electrons. The lowest BCUT2D eigenvalue weighted by molar-refractivity contribution is 0.0652. The first-order valence-electron chi connectivity index (χ1n) is 5.60. The van der Waals surface area contributed by atoms with Crippen molar-refractivity contribution in [1.82, 2.24) is 15.1 Å². The van der Waals surface area contributed by atoms with Gasteiger partial charge < -0.3 is 10.0 Å². The van der Waals surface area contributed by atoms with Crippen molar-refractivity contribution < 1.29 is 9.90 Å². The molecule has 1 N–H and O–H groups in total. The van der Waals surface area contributed by atoms with Gasteiger partial charge in [0.25, 0.3) is 5.91 Å². The van der Waals surface area contributed by atoms with Crippen molar-refractivity contribution >= 4 is 28.8 Å². The van der Waals surface area contributed by atoms with E-state index in [4.69, 9.17) is 16.7 Å². The maximum absolute atomic E-state index is 12.1. The van der Waals surface area contributed by atoms with E-state index in [1.165, 1.54) is 0 Å². The van der Waals surface area contributed by atoms with Gasteiger partial charge in [0.1, 0.15) is 0 Å². The highest BCUT2D eigenvalue weighted by Gasteiger charge is 2.26. The predicted molar refractivity (Wildman–Crippen MR) is 65.2 cm³/mol. The summed E-state index contributed by atoms with van der Waals surface area (Å²) in [5, 5.41) is 16.7. The lowest BCUT2D eigenvalue weighted by atomic mass is 9.95. The molecule has 1 fully saturated rings. The molecule has 1 saturated heterocycles. The minimum Gasteiger partial charge on any atom is -0.396 e. The number of piperidine rings is 1. The standard InChI is InChI=1S/C10H14ClN3O2S/c11-10-13-12-8(17-10)9(16)14-4-1-2-7(6-14)3-5-15/h7,15H,1-6H2. The first-order chi connectivity index (χ1) is 8.20. The number of halogens is 1. The maximum atomic E-state index is 12.1. The Bertz CT molecular complexity index is 397. The van der Waals surface area contributed by atoms with Gasteiger partial charge in [-0.25, -0.2) is 0 Å². The van der Waals surface area contributed by atoms with Gasteiger partial charge in [0.2, 0.25) is 9.47 Å². The lowest BCUT2D eigenvalue weighted by Gasteiger charge is -2.31. The molecular formula is C10H14ClN3O2S. The van der Waals surface area contributed by atoms with Gasteiger partial charge >= 0.3 is 0 Å². The van der Waals surface area contributed by atoms with Crippen LogP contribution in [0.15, 0.2) is 0 Å². The number of rotatable bonds is 3. The molecule has 1 atom stereocenters. The van der Waals surface area contributed by atoms with Gasteiger partial charge in [-0.05, 0) is 36.8 Å². The average molecular weight is 276 g/mol. The molecule has 94 valence electrons. The maximum Gasteiger partial charge on any atom is 0.284 e. The molecule has 17 heavy (non-hydrogen) atoms. The summed E-state index contributed by atoms with van der Waals surface area (Å²) >= 11 is 6.77. The highest BCUT2D eigenvalue weighted by molar-refractivity contribution is 7.17. The van der Waals surface area contributed by atoms with E-state index in [9.17, 15) is 4.79 Å².